The molecule has 1 aliphatic heterocycles. The minimum absolute atomic E-state index is 0.00727. The van der Waals surface area contributed by atoms with Gasteiger partial charge in [-0.3, -0.25) is 14.3 Å². The Labute approximate surface area is 185 Å². The predicted octanol–water partition coefficient (Wildman–Crippen LogP) is 1.83. The molecular formula is C23H37N5O3. The van der Waals surface area contributed by atoms with Crippen LogP contribution >= 0.6 is 0 Å². The molecule has 0 spiro atoms. The van der Waals surface area contributed by atoms with Crippen molar-refractivity contribution in [2.45, 2.75) is 82.1 Å². The number of carbonyl (C=O) groups excluding carboxylic acids is 2. The Balaban J connectivity index is 1.28. The van der Waals surface area contributed by atoms with E-state index in [1.165, 1.54) is 0 Å². The lowest BCUT2D eigenvalue weighted by Crippen LogP contribution is -2.59. The van der Waals surface area contributed by atoms with Crippen LogP contribution in [0, 0.1) is 5.92 Å². The highest BCUT2D eigenvalue weighted by Gasteiger charge is 2.42. The summed E-state index contributed by atoms with van der Waals surface area (Å²) in [4.78, 5) is 30.3. The number of aromatic nitrogens is 2. The molecule has 1 N–H and O–H groups in total. The van der Waals surface area contributed by atoms with Crippen molar-refractivity contribution in [1.82, 2.24) is 24.9 Å². The molecule has 2 amide bonds. The summed E-state index contributed by atoms with van der Waals surface area (Å²) in [5.41, 5.74) is 0. The van der Waals surface area contributed by atoms with Crippen molar-refractivity contribution in [2.75, 3.05) is 27.2 Å². The van der Waals surface area contributed by atoms with Crippen LogP contribution in [0.15, 0.2) is 18.5 Å². The van der Waals surface area contributed by atoms with E-state index in [-0.39, 0.29) is 36.1 Å². The fourth-order valence-electron chi connectivity index (χ4n) is 5.51. The first kappa shape index (κ1) is 22.3. The third-order valence-corrected chi connectivity index (χ3v) is 7.53. The van der Waals surface area contributed by atoms with Crippen molar-refractivity contribution < 1.29 is 14.3 Å². The molecule has 1 aromatic heterocycles. The molecular weight excluding hydrogens is 394 g/mol. The van der Waals surface area contributed by atoms with E-state index in [0.29, 0.717) is 25.1 Å². The molecule has 4 atom stereocenters. The second kappa shape index (κ2) is 9.69. The van der Waals surface area contributed by atoms with Crippen molar-refractivity contribution in [3.05, 3.63) is 18.5 Å². The highest BCUT2D eigenvalue weighted by Crippen LogP contribution is 2.34. The summed E-state index contributed by atoms with van der Waals surface area (Å²) in [5, 5.41) is 7.31. The smallest absolute Gasteiger partial charge is 0.244 e. The van der Waals surface area contributed by atoms with E-state index in [2.05, 4.69) is 34.3 Å². The topological polar surface area (TPSA) is 79.7 Å². The molecule has 8 heteroatoms. The summed E-state index contributed by atoms with van der Waals surface area (Å²) >= 11 is 0. The fraction of sp³-hybridized carbons (Fsp3) is 0.783. The molecule has 2 saturated carbocycles. The number of carbonyl (C=O) groups is 2. The van der Waals surface area contributed by atoms with E-state index in [4.69, 9.17) is 4.74 Å². The van der Waals surface area contributed by atoms with E-state index in [1.807, 2.05) is 13.0 Å². The monoisotopic (exact) mass is 431 g/mol. The highest BCUT2D eigenvalue weighted by molar-refractivity contribution is 5.81. The second-order valence-corrected chi connectivity index (χ2v) is 9.66. The van der Waals surface area contributed by atoms with Crippen LogP contribution in [-0.2, 0) is 14.3 Å². The van der Waals surface area contributed by atoms with E-state index in [1.54, 1.807) is 17.1 Å². The van der Waals surface area contributed by atoms with E-state index in [0.717, 1.165) is 44.9 Å². The quantitative estimate of drug-likeness (QED) is 0.769. The number of hydrogen-bond acceptors (Lipinski definition) is 5. The van der Waals surface area contributed by atoms with Crippen LogP contribution in [0.4, 0.5) is 0 Å². The van der Waals surface area contributed by atoms with Gasteiger partial charge in [-0.05, 0) is 72.0 Å². The van der Waals surface area contributed by atoms with Crippen LogP contribution < -0.4 is 5.32 Å². The van der Waals surface area contributed by atoms with Gasteiger partial charge in [0.15, 0.2) is 0 Å². The summed E-state index contributed by atoms with van der Waals surface area (Å²) in [6, 6.07) is 2.41. The molecule has 2 heterocycles. The Bertz CT molecular complexity index is 744. The number of nitrogens with zero attached hydrogens (tertiary/aromatic N) is 4. The maximum atomic E-state index is 13.4. The van der Waals surface area contributed by atoms with Crippen LogP contribution in [0.25, 0.3) is 0 Å². The second-order valence-electron chi connectivity index (χ2n) is 9.66. The molecule has 2 aliphatic carbocycles. The Hall–Kier alpha value is -1.93. The Morgan fingerprint density at radius 2 is 1.94 bits per heavy atom. The minimum Gasteiger partial charge on any atom is -0.374 e. The van der Waals surface area contributed by atoms with Crippen molar-refractivity contribution >= 4 is 11.8 Å². The van der Waals surface area contributed by atoms with Crippen LogP contribution in [0.1, 0.15) is 57.9 Å². The maximum absolute atomic E-state index is 13.4. The first-order valence-electron chi connectivity index (χ1n) is 11.8. The molecule has 31 heavy (non-hydrogen) atoms. The average Bonchev–Trinajstić information content (AvgIpc) is 3.32. The number of fused-ring (bicyclic) bond motifs is 1. The zero-order valence-corrected chi connectivity index (χ0v) is 19.1. The SMILES string of the molecule is CC(C(=O)NC1CCC(C(=O)N2CCOC3CC(N(C)C)CCC32)CC1)n1cccn1. The molecule has 4 rings (SSSR count). The van der Waals surface area contributed by atoms with E-state index in [9.17, 15) is 9.59 Å². The third-order valence-electron chi connectivity index (χ3n) is 7.53. The standard InChI is InChI=1S/C23H37N5O3/c1-16(28-12-4-11-24-28)22(29)25-18-7-5-17(6-8-18)23(30)27-13-14-31-21-15-19(26(2)3)9-10-20(21)27/h4,11-12,16-21H,5-10,13-15H2,1-3H3,(H,25,29). The van der Waals surface area contributed by atoms with E-state index >= 15 is 0 Å². The molecule has 4 unspecified atom stereocenters. The molecule has 3 aliphatic rings. The fourth-order valence-corrected chi connectivity index (χ4v) is 5.51. The first-order chi connectivity index (χ1) is 14.9. The molecule has 3 fully saturated rings. The summed E-state index contributed by atoms with van der Waals surface area (Å²) in [5.74, 6) is 0.366. The lowest BCUT2D eigenvalue weighted by atomic mass is 9.82. The summed E-state index contributed by atoms with van der Waals surface area (Å²) in [6.07, 6.45) is 10.2. The lowest BCUT2D eigenvalue weighted by Gasteiger charge is -2.48. The van der Waals surface area contributed by atoms with Gasteiger partial charge in [0.2, 0.25) is 11.8 Å². The number of morpholine rings is 1. The van der Waals surface area contributed by atoms with Crippen LogP contribution in [0.3, 0.4) is 0 Å². The van der Waals surface area contributed by atoms with Gasteiger partial charge in [0.25, 0.3) is 0 Å². The minimum atomic E-state index is -0.322. The largest absolute Gasteiger partial charge is 0.374 e. The zero-order chi connectivity index (χ0) is 22.0. The Morgan fingerprint density at radius 3 is 2.61 bits per heavy atom. The van der Waals surface area contributed by atoms with Crippen LogP contribution in [-0.4, -0.2) is 82.9 Å². The van der Waals surface area contributed by atoms with Gasteiger partial charge >= 0.3 is 0 Å². The van der Waals surface area contributed by atoms with Gasteiger partial charge in [-0.15, -0.1) is 0 Å². The van der Waals surface area contributed by atoms with Crippen molar-refractivity contribution in [1.29, 1.82) is 0 Å². The average molecular weight is 432 g/mol. The molecule has 0 aromatic carbocycles. The molecule has 0 bridgehead atoms. The number of ether oxygens (including phenoxy) is 1. The molecule has 1 saturated heterocycles. The predicted molar refractivity (Wildman–Crippen MR) is 117 cm³/mol. The molecule has 172 valence electrons. The highest BCUT2D eigenvalue weighted by atomic mass is 16.5. The van der Waals surface area contributed by atoms with Gasteiger partial charge in [-0.25, -0.2) is 0 Å². The normalized spacial score (nSPS) is 32.4. The summed E-state index contributed by atoms with van der Waals surface area (Å²) < 4.78 is 7.74. The van der Waals surface area contributed by atoms with Gasteiger partial charge < -0.3 is 19.9 Å². The lowest BCUT2D eigenvalue weighted by molar-refractivity contribution is -0.157. The number of nitrogens with one attached hydrogen (secondary N) is 1. The van der Waals surface area contributed by atoms with Crippen molar-refractivity contribution in [2.24, 2.45) is 5.92 Å². The van der Waals surface area contributed by atoms with Gasteiger partial charge in [-0.1, -0.05) is 0 Å². The van der Waals surface area contributed by atoms with Gasteiger partial charge in [0.05, 0.1) is 18.8 Å². The summed E-state index contributed by atoms with van der Waals surface area (Å²) in [6.45, 7) is 3.21. The van der Waals surface area contributed by atoms with Crippen molar-refractivity contribution in [3.8, 4) is 0 Å². The number of rotatable bonds is 5. The van der Waals surface area contributed by atoms with Gasteiger partial charge in [-0.2, -0.15) is 5.10 Å². The maximum Gasteiger partial charge on any atom is 0.244 e. The zero-order valence-electron chi connectivity index (χ0n) is 19.1. The van der Waals surface area contributed by atoms with Crippen molar-refractivity contribution in [3.63, 3.8) is 0 Å². The van der Waals surface area contributed by atoms with E-state index < -0.39 is 0 Å². The first-order valence-corrected chi connectivity index (χ1v) is 11.8. The summed E-state index contributed by atoms with van der Waals surface area (Å²) in [7, 11) is 4.26. The Morgan fingerprint density at radius 1 is 1.16 bits per heavy atom. The van der Waals surface area contributed by atoms with Gasteiger partial charge in [0, 0.05) is 36.9 Å². The van der Waals surface area contributed by atoms with Crippen LogP contribution in [0.2, 0.25) is 0 Å². The van der Waals surface area contributed by atoms with Crippen LogP contribution in [0.5, 0.6) is 0 Å². The molecule has 1 aromatic rings. The third kappa shape index (κ3) is 4.95. The number of amides is 2. The Kier molecular flexibility index (Phi) is 6.96. The number of hydrogen-bond donors (Lipinski definition) is 1. The van der Waals surface area contributed by atoms with Gasteiger partial charge in [0.1, 0.15) is 6.04 Å². The molecule has 8 nitrogen and oxygen atoms in total. The molecule has 0 radical (unpaired) electrons.